The van der Waals surface area contributed by atoms with E-state index in [1.54, 1.807) is 0 Å². The van der Waals surface area contributed by atoms with E-state index in [1.807, 2.05) is 6.08 Å². The molecule has 9 heavy (non-hydrogen) atoms. The van der Waals surface area contributed by atoms with Crippen molar-refractivity contribution < 1.29 is 15.0 Å². The highest BCUT2D eigenvalue weighted by molar-refractivity contribution is 9.09. The minimum absolute atomic E-state index is 1.04. The lowest BCUT2D eigenvalue weighted by molar-refractivity contribution is 0.137. The van der Waals surface area contributed by atoms with Gasteiger partial charge in [0.15, 0.2) is 0 Å². The maximum Gasteiger partial charge on any atom is 0.503 e. The highest BCUT2D eigenvalue weighted by atomic mass is 79.9. The standard InChI is InChI=1S/C4H7Br.CH2O3/c1-2-3-4-5;2-1(3)4/h2H,1,3-4H2;(H2,2,3,4). The number of hydrogen-bond acceptors (Lipinski definition) is 1. The molecule has 4 heteroatoms. The van der Waals surface area contributed by atoms with Crippen molar-refractivity contribution in [3.63, 3.8) is 0 Å². The SMILES string of the molecule is C=CCCBr.O=C(O)O. The number of carbonyl (C=O) groups is 1. The Labute approximate surface area is 62.1 Å². The van der Waals surface area contributed by atoms with Gasteiger partial charge in [-0.15, -0.1) is 6.58 Å². The van der Waals surface area contributed by atoms with Gasteiger partial charge >= 0.3 is 6.16 Å². The maximum atomic E-state index is 8.56. The van der Waals surface area contributed by atoms with Crippen molar-refractivity contribution in [3.8, 4) is 0 Å². The lowest BCUT2D eigenvalue weighted by Crippen LogP contribution is -1.81. The predicted molar refractivity (Wildman–Crippen MR) is 39.3 cm³/mol. The lowest BCUT2D eigenvalue weighted by Gasteiger charge is -1.71. The van der Waals surface area contributed by atoms with Crippen LogP contribution in [-0.2, 0) is 0 Å². The van der Waals surface area contributed by atoms with Crippen LogP contribution in [0.3, 0.4) is 0 Å². The molecule has 0 aliphatic rings. The summed E-state index contributed by atoms with van der Waals surface area (Å²) in [5.74, 6) is 0. The summed E-state index contributed by atoms with van der Waals surface area (Å²) in [6.07, 6.45) is 1.12. The third kappa shape index (κ3) is 102. The predicted octanol–water partition coefficient (Wildman–Crippen LogP) is 2.18. The summed E-state index contributed by atoms with van der Waals surface area (Å²) in [4.78, 5) is 8.56. The molecule has 0 amide bonds. The molecule has 0 saturated carbocycles. The summed E-state index contributed by atoms with van der Waals surface area (Å²) >= 11 is 3.24. The molecule has 3 nitrogen and oxygen atoms in total. The molecular formula is C5H9BrO3. The fourth-order valence-electron chi connectivity index (χ4n) is 0.0772. The van der Waals surface area contributed by atoms with Crippen LogP contribution in [0.25, 0.3) is 0 Å². The van der Waals surface area contributed by atoms with E-state index < -0.39 is 6.16 Å². The molecule has 0 spiro atoms. The van der Waals surface area contributed by atoms with Gasteiger partial charge in [-0.25, -0.2) is 4.79 Å². The third-order valence-electron chi connectivity index (χ3n) is 0.313. The van der Waals surface area contributed by atoms with Crippen LogP contribution in [0.15, 0.2) is 12.7 Å². The number of alkyl halides is 1. The molecule has 0 aromatic heterocycles. The van der Waals surface area contributed by atoms with E-state index in [1.165, 1.54) is 0 Å². The summed E-state index contributed by atoms with van der Waals surface area (Å²) in [7, 11) is 0. The quantitative estimate of drug-likeness (QED) is 0.526. The highest BCUT2D eigenvalue weighted by Gasteiger charge is 1.70. The van der Waals surface area contributed by atoms with Gasteiger partial charge in [0.2, 0.25) is 0 Å². The van der Waals surface area contributed by atoms with Crippen molar-refractivity contribution in [3.05, 3.63) is 12.7 Å². The smallest absolute Gasteiger partial charge is 0.450 e. The fraction of sp³-hybridized carbons (Fsp3) is 0.400. The van der Waals surface area contributed by atoms with Crippen LogP contribution in [0.2, 0.25) is 0 Å². The first kappa shape index (κ1) is 11.3. The van der Waals surface area contributed by atoms with Crippen molar-refractivity contribution >= 4 is 22.1 Å². The van der Waals surface area contributed by atoms with E-state index in [2.05, 4.69) is 22.5 Å². The Balaban J connectivity index is 0. The Bertz CT molecular complexity index is 78.3. The van der Waals surface area contributed by atoms with Crippen molar-refractivity contribution in [2.45, 2.75) is 6.42 Å². The third-order valence-corrected chi connectivity index (χ3v) is 0.771. The summed E-state index contributed by atoms with van der Waals surface area (Å²) < 4.78 is 0. The highest BCUT2D eigenvalue weighted by Crippen LogP contribution is 1.84. The Kier molecular flexibility index (Phi) is 13.2. The van der Waals surface area contributed by atoms with Gasteiger partial charge in [-0.2, -0.15) is 0 Å². The van der Waals surface area contributed by atoms with Crippen molar-refractivity contribution in [2.75, 3.05) is 5.33 Å². The summed E-state index contributed by atoms with van der Waals surface area (Å²) in [5.41, 5.74) is 0. The molecule has 0 radical (unpaired) electrons. The zero-order valence-electron chi connectivity index (χ0n) is 4.88. The Morgan fingerprint density at radius 2 is 2.00 bits per heavy atom. The second-order valence-corrected chi connectivity index (χ2v) is 1.84. The van der Waals surface area contributed by atoms with E-state index in [-0.39, 0.29) is 0 Å². The normalized spacial score (nSPS) is 6.78. The largest absolute Gasteiger partial charge is 0.503 e. The van der Waals surface area contributed by atoms with Gasteiger partial charge in [0, 0.05) is 5.33 Å². The monoisotopic (exact) mass is 196 g/mol. The molecule has 0 fully saturated rings. The molecular weight excluding hydrogens is 188 g/mol. The minimum Gasteiger partial charge on any atom is -0.450 e. The van der Waals surface area contributed by atoms with Gasteiger partial charge in [0.25, 0.3) is 0 Å². The number of allylic oxidation sites excluding steroid dienone is 1. The van der Waals surface area contributed by atoms with Crippen LogP contribution < -0.4 is 0 Å². The van der Waals surface area contributed by atoms with Gasteiger partial charge in [-0.1, -0.05) is 22.0 Å². The minimum atomic E-state index is -1.83. The number of halogens is 1. The van der Waals surface area contributed by atoms with E-state index in [4.69, 9.17) is 15.0 Å². The van der Waals surface area contributed by atoms with E-state index >= 15 is 0 Å². The molecule has 0 saturated heterocycles. The van der Waals surface area contributed by atoms with Crippen LogP contribution in [0.4, 0.5) is 4.79 Å². The van der Waals surface area contributed by atoms with E-state index in [9.17, 15) is 0 Å². The molecule has 54 valence electrons. The number of hydrogen-bond donors (Lipinski definition) is 2. The molecule has 2 N–H and O–H groups in total. The van der Waals surface area contributed by atoms with E-state index in [0.717, 1.165) is 11.8 Å². The van der Waals surface area contributed by atoms with Gasteiger partial charge in [-0.05, 0) is 6.42 Å². The second kappa shape index (κ2) is 10.5. The van der Waals surface area contributed by atoms with Crippen LogP contribution in [0.5, 0.6) is 0 Å². The average Bonchev–Trinajstić information content (AvgIpc) is 1.66. The average molecular weight is 197 g/mol. The van der Waals surface area contributed by atoms with E-state index in [0.29, 0.717) is 0 Å². The van der Waals surface area contributed by atoms with Crippen LogP contribution in [-0.4, -0.2) is 21.7 Å². The van der Waals surface area contributed by atoms with Crippen molar-refractivity contribution in [1.29, 1.82) is 0 Å². The summed E-state index contributed by atoms with van der Waals surface area (Å²) in [6.45, 7) is 3.52. The molecule has 0 rings (SSSR count). The molecule has 0 heterocycles. The molecule has 0 aromatic rings. The molecule has 0 bridgehead atoms. The van der Waals surface area contributed by atoms with Gasteiger partial charge in [-0.3, -0.25) is 0 Å². The topological polar surface area (TPSA) is 57.5 Å². The Morgan fingerprint density at radius 1 is 1.67 bits per heavy atom. The molecule has 0 aliphatic carbocycles. The van der Waals surface area contributed by atoms with Gasteiger partial charge in [0.1, 0.15) is 0 Å². The van der Waals surface area contributed by atoms with Crippen molar-refractivity contribution in [1.82, 2.24) is 0 Å². The Morgan fingerprint density at radius 3 is 2.00 bits per heavy atom. The molecule has 0 atom stereocenters. The van der Waals surface area contributed by atoms with Crippen LogP contribution in [0.1, 0.15) is 6.42 Å². The van der Waals surface area contributed by atoms with Gasteiger partial charge < -0.3 is 10.2 Å². The second-order valence-electron chi connectivity index (χ2n) is 1.05. The van der Waals surface area contributed by atoms with Gasteiger partial charge in [0.05, 0.1) is 0 Å². The van der Waals surface area contributed by atoms with Crippen LogP contribution >= 0.6 is 15.9 Å². The lowest BCUT2D eigenvalue weighted by atomic mass is 10.5. The maximum absolute atomic E-state index is 8.56. The molecule has 0 aliphatic heterocycles. The first-order valence-electron chi connectivity index (χ1n) is 2.24. The molecule has 0 aromatic carbocycles. The van der Waals surface area contributed by atoms with Crippen molar-refractivity contribution in [2.24, 2.45) is 0 Å². The zero-order valence-corrected chi connectivity index (χ0v) is 6.47. The number of rotatable bonds is 2. The summed E-state index contributed by atoms with van der Waals surface area (Å²) in [5, 5.41) is 15.0. The summed E-state index contributed by atoms with van der Waals surface area (Å²) in [6, 6.07) is 0. The molecule has 0 unspecified atom stereocenters. The fourth-order valence-corrected chi connectivity index (χ4v) is 0.401. The Hall–Kier alpha value is -0.510. The first-order chi connectivity index (χ1) is 4.15. The zero-order chi connectivity index (χ0) is 7.70. The number of carboxylic acid groups (broad SMARTS) is 2. The first-order valence-corrected chi connectivity index (χ1v) is 3.36. The van der Waals surface area contributed by atoms with Crippen LogP contribution in [0, 0.1) is 0 Å².